The Balaban J connectivity index is 1.59. The van der Waals surface area contributed by atoms with Gasteiger partial charge in [-0.3, -0.25) is 9.59 Å². The summed E-state index contributed by atoms with van der Waals surface area (Å²) >= 11 is 0. The molecule has 3 rings (SSSR count). The van der Waals surface area contributed by atoms with Gasteiger partial charge < -0.3 is 10.6 Å². The number of nitrogens with one attached hydrogen (secondary N) is 2. The Bertz CT molecular complexity index is 616. The first-order chi connectivity index (χ1) is 10.6. The van der Waals surface area contributed by atoms with Gasteiger partial charge in [-0.15, -0.1) is 0 Å². The maximum Gasteiger partial charge on any atom is 0.248 e. The fraction of sp³-hybridized carbons (Fsp3) is 0.444. The van der Waals surface area contributed by atoms with E-state index in [1.165, 1.54) is 11.1 Å². The van der Waals surface area contributed by atoms with E-state index in [1.54, 1.807) is 0 Å². The quantitative estimate of drug-likeness (QED) is 0.896. The molecule has 1 saturated carbocycles. The van der Waals surface area contributed by atoms with Gasteiger partial charge in [0.25, 0.3) is 0 Å². The summed E-state index contributed by atoms with van der Waals surface area (Å²) in [6.45, 7) is 2.54. The molecular formula is C18H22N2O2. The van der Waals surface area contributed by atoms with Crippen LogP contribution in [0, 0.1) is 6.92 Å². The normalized spacial score (nSPS) is 20.6. The predicted octanol–water partition coefficient (Wildman–Crippen LogP) is 2.37. The smallest absolute Gasteiger partial charge is 0.248 e. The topological polar surface area (TPSA) is 58.2 Å². The van der Waals surface area contributed by atoms with E-state index in [0.717, 1.165) is 31.2 Å². The summed E-state index contributed by atoms with van der Waals surface area (Å²) in [7, 11) is 0. The van der Waals surface area contributed by atoms with Crippen molar-refractivity contribution >= 4 is 11.8 Å². The summed E-state index contributed by atoms with van der Waals surface area (Å²) in [6, 6.07) is 8.27. The summed E-state index contributed by atoms with van der Waals surface area (Å²) < 4.78 is 0. The van der Waals surface area contributed by atoms with Crippen LogP contribution < -0.4 is 10.6 Å². The number of hydrogen-bond donors (Lipinski definition) is 2. The van der Waals surface area contributed by atoms with Gasteiger partial charge in [0.05, 0.1) is 12.5 Å². The predicted molar refractivity (Wildman–Crippen MR) is 85.1 cm³/mol. The highest BCUT2D eigenvalue weighted by Gasteiger charge is 2.33. The Morgan fingerprint density at radius 3 is 2.82 bits per heavy atom. The molecule has 4 heteroatoms. The van der Waals surface area contributed by atoms with Crippen LogP contribution in [0.1, 0.15) is 43.2 Å². The van der Waals surface area contributed by atoms with Crippen molar-refractivity contribution in [3.63, 3.8) is 0 Å². The van der Waals surface area contributed by atoms with Gasteiger partial charge in [0, 0.05) is 12.1 Å². The molecule has 116 valence electrons. The van der Waals surface area contributed by atoms with E-state index in [-0.39, 0.29) is 24.3 Å². The van der Waals surface area contributed by atoms with Gasteiger partial charge in [-0.25, -0.2) is 0 Å². The largest absolute Gasteiger partial charge is 0.352 e. The molecule has 1 aromatic rings. The minimum Gasteiger partial charge on any atom is -0.352 e. The van der Waals surface area contributed by atoms with Crippen LogP contribution >= 0.6 is 0 Å². The van der Waals surface area contributed by atoms with E-state index < -0.39 is 0 Å². The van der Waals surface area contributed by atoms with Crippen molar-refractivity contribution in [1.82, 2.24) is 10.6 Å². The van der Waals surface area contributed by atoms with Gasteiger partial charge in [-0.05, 0) is 37.3 Å². The summed E-state index contributed by atoms with van der Waals surface area (Å²) in [5, 5.41) is 5.91. The molecule has 0 bridgehead atoms. The molecule has 0 saturated heterocycles. The zero-order valence-corrected chi connectivity index (χ0v) is 12.9. The third-order valence-electron chi connectivity index (χ3n) is 4.52. The molecule has 22 heavy (non-hydrogen) atoms. The minimum absolute atomic E-state index is 0.0487. The molecule has 0 radical (unpaired) electrons. The van der Waals surface area contributed by atoms with E-state index in [9.17, 15) is 9.59 Å². The van der Waals surface area contributed by atoms with Crippen molar-refractivity contribution in [2.75, 3.05) is 0 Å². The van der Waals surface area contributed by atoms with Gasteiger partial charge in [0.2, 0.25) is 11.8 Å². The Morgan fingerprint density at radius 1 is 1.27 bits per heavy atom. The first-order valence-electron chi connectivity index (χ1n) is 7.98. The van der Waals surface area contributed by atoms with E-state index in [1.807, 2.05) is 31.2 Å². The zero-order chi connectivity index (χ0) is 15.5. The molecule has 0 aromatic heterocycles. The molecule has 1 aliphatic carbocycles. The number of fused-ring (bicyclic) bond motifs is 1. The summed E-state index contributed by atoms with van der Waals surface area (Å²) in [5.74, 6) is -0.128. The van der Waals surface area contributed by atoms with Crippen LogP contribution in [-0.4, -0.2) is 17.9 Å². The SMILES string of the molecule is Cc1ccc(CNC(=O)CC2=C3CCCCC3NC2=O)cc1. The number of carbonyl (C=O) groups is 2. The molecule has 1 atom stereocenters. The average molecular weight is 298 g/mol. The highest BCUT2D eigenvalue weighted by molar-refractivity contribution is 6.02. The van der Waals surface area contributed by atoms with Crippen molar-refractivity contribution in [1.29, 1.82) is 0 Å². The third-order valence-corrected chi connectivity index (χ3v) is 4.52. The monoisotopic (exact) mass is 298 g/mol. The molecule has 1 unspecified atom stereocenters. The fourth-order valence-electron chi connectivity index (χ4n) is 3.25. The fourth-order valence-corrected chi connectivity index (χ4v) is 3.25. The van der Waals surface area contributed by atoms with Gasteiger partial charge in [-0.2, -0.15) is 0 Å². The van der Waals surface area contributed by atoms with Crippen LogP contribution in [0.4, 0.5) is 0 Å². The van der Waals surface area contributed by atoms with Crippen molar-refractivity contribution in [3.05, 3.63) is 46.5 Å². The van der Waals surface area contributed by atoms with Crippen LogP contribution in [0.2, 0.25) is 0 Å². The number of amides is 2. The van der Waals surface area contributed by atoms with Crippen LogP contribution in [0.3, 0.4) is 0 Å². The third kappa shape index (κ3) is 3.21. The lowest BCUT2D eigenvalue weighted by Gasteiger charge is -2.20. The molecule has 2 amide bonds. The van der Waals surface area contributed by atoms with Crippen molar-refractivity contribution in [2.45, 2.75) is 51.6 Å². The minimum atomic E-state index is -0.0792. The molecule has 1 fully saturated rings. The van der Waals surface area contributed by atoms with Gasteiger partial charge in [0.15, 0.2) is 0 Å². The van der Waals surface area contributed by atoms with E-state index in [0.29, 0.717) is 12.1 Å². The van der Waals surface area contributed by atoms with Crippen molar-refractivity contribution in [3.8, 4) is 0 Å². The second-order valence-corrected chi connectivity index (χ2v) is 6.21. The molecule has 2 aliphatic rings. The molecule has 1 aliphatic heterocycles. The van der Waals surface area contributed by atoms with Gasteiger partial charge >= 0.3 is 0 Å². The van der Waals surface area contributed by atoms with Crippen LogP contribution in [0.25, 0.3) is 0 Å². The lowest BCUT2D eigenvalue weighted by atomic mass is 9.88. The van der Waals surface area contributed by atoms with Crippen molar-refractivity contribution in [2.24, 2.45) is 0 Å². The van der Waals surface area contributed by atoms with E-state index >= 15 is 0 Å². The van der Waals surface area contributed by atoms with Crippen LogP contribution in [-0.2, 0) is 16.1 Å². The van der Waals surface area contributed by atoms with E-state index in [2.05, 4.69) is 10.6 Å². The maximum atomic E-state index is 12.1. The van der Waals surface area contributed by atoms with Gasteiger partial charge in [0.1, 0.15) is 0 Å². The summed E-state index contributed by atoms with van der Waals surface area (Å²) in [4.78, 5) is 24.2. The summed E-state index contributed by atoms with van der Waals surface area (Å²) in [6.07, 6.45) is 4.43. The summed E-state index contributed by atoms with van der Waals surface area (Å²) in [5.41, 5.74) is 4.14. The second kappa shape index (κ2) is 6.34. The molecule has 0 spiro atoms. The standard InChI is InChI=1S/C18H22N2O2/c1-12-6-8-13(9-7-12)11-19-17(21)10-15-14-4-2-3-5-16(14)20-18(15)22/h6-9,16H,2-5,10-11H2,1H3,(H,19,21)(H,20,22). The van der Waals surface area contributed by atoms with E-state index in [4.69, 9.17) is 0 Å². The van der Waals surface area contributed by atoms with Crippen molar-refractivity contribution < 1.29 is 9.59 Å². The molecule has 1 aromatic carbocycles. The Morgan fingerprint density at radius 2 is 2.05 bits per heavy atom. The molecule has 4 nitrogen and oxygen atoms in total. The van der Waals surface area contributed by atoms with Gasteiger partial charge in [-0.1, -0.05) is 36.2 Å². The number of rotatable bonds is 4. The van der Waals surface area contributed by atoms with Crippen LogP contribution in [0.5, 0.6) is 0 Å². The second-order valence-electron chi connectivity index (χ2n) is 6.21. The first-order valence-corrected chi connectivity index (χ1v) is 7.98. The zero-order valence-electron chi connectivity index (χ0n) is 12.9. The highest BCUT2D eigenvalue weighted by atomic mass is 16.2. The molecule has 2 N–H and O–H groups in total. The molecular weight excluding hydrogens is 276 g/mol. The lowest BCUT2D eigenvalue weighted by molar-refractivity contribution is -0.123. The Kier molecular flexibility index (Phi) is 4.27. The highest BCUT2D eigenvalue weighted by Crippen LogP contribution is 2.32. The number of aryl methyl sites for hydroxylation is 1. The Labute approximate surface area is 131 Å². The molecule has 1 heterocycles. The number of benzene rings is 1. The number of hydrogen-bond acceptors (Lipinski definition) is 2. The maximum absolute atomic E-state index is 12.1. The lowest BCUT2D eigenvalue weighted by Crippen LogP contribution is -2.30. The first kappa shape index (κ1) is 14.8. The Hall–Kier alpha value is -2.10. The average Bonchev–Trinajstić information content (AvgIpc) is 2.83. The van der Waals surface area contributed by atoms with Crippen LogP contribution in [0.15, 0.2) is 35.4 Å². The number of carbonyl (C=O) groups excluding carboxylic acids is 2.